The first-order valence-electron chi connectivity index (χ1n) is 9.12. The van der Waals surface area contributed by atoms with Gasteiger partial charge in [-0.05, 0) is 38.8 Å². The Kier molecular flexibility index (Phi) is 6.93. The Labute approximate surface area is 165 Å². The zero-order valence-electron chi connectivity index (χ0n) is 16.6. The molecule has 0 unspecified atom stereocenters. The van der Waals surface area contributed by atoms with E-state index in [2.05, 4.69) is 5.32 Å². The molecule has 0 radical (unpaired) electrons. The maximum atomic E-state index is 12.4. The smallest absolute Gasteiger partial charge is 0.408 e. The van der Waals surface area contributed by atoms with Gasteiger partial charge in [-0.1, -0.05) is 66.7 Å². The molecule has 0 bridgehead atoms. The fourth-order valence-corrected chi connectivity index (χ4v) is 2.99. The van der Waals surface area contributed by atoms with E-state index in [1.807, 2.05) is 36.4 Å². The van der Waals surface area contributed by atoms with E-state index in [4.69, 9.17) is 4.74 Å². The summed E-state index contributed by atoms with van der Waals surface area (Å²) < 4.78 is 5.35. The van der Waals surface area contributed by atoms with Gasteiger partial charge in [-0.3, -0.25) is 10.1 Å². The Bertz CT molecular complexity index is 827. The second-order valence-corrected chi connectivity index (χ2v) is 7.37. The molecule has 0 aliphatic carbocycles. The lowest BCUT2D eigenvalue weighted by molar-refractivity contribution is -0.510. The molecule has 0 heterocycles. The number of nitrogens with zero attached hydrogens (tertiary/aromatic N) is 1. The number of allylic oxidation sites excluding steroid dienone is 1. The van der Waals surface area contributed by atoms with Gasteiger partial charge in [0.1, 0.15) is 11.6 Å². The molecule has 0 aliphatic heterocycles. The number of carbonyl (C=O) groups excluding carboxylic acids is 1. The number of alkyl carbamates (subject to hydrolysis) is 1. The third-order valence-electron chi connectivity index (χ3n) is 4.11. The molecular weight excluding hydrogens is 356 g/mol. The highest BCUT2D eigenvalue weighted by atomic mass is 16.6. The van der Waals surface area contributed by atoms with E-state index in [1.165, 1.54) is 0 Å². The standard InChI is InChI=1S/C22H26N2O4/c1-5-18(16-12-8-6-9-13-16)20(24(26)27)19(17-14-10-7-11-15-17)23-21(25)28-22(2,3)4/h5-15,19-20H,1-4H3,(H,23,25)/b18-5+/t19-,20+/m0/s1. The highest BCUT2D eigenvalue weighted by Gasteiger charge is 2.38. The van der Waals surface area contributed by atoms with Crippen LogP contribution in [0.5, 0.6) is 0 Å². The Morgan fingerprint density at radius 2 is 1.61 bits per heavy atom. The second-order valence-electron chi connectivity index (χ2n) is 7.37. The summed E-state index contributed by atoms with van der Waals surface area (Å²) in [5, 5.41) is 14.8. The van der Waals surface area contributed by atoms with E-state index >= 15 is 0 Å². The van der Waals surface area contributed by atoms with E-state index in [1.54, 1.807) is 58.0 Å². The summed E-state index contributed by atoms with van der Waals surface area (Å²) in [6, 6.07) is 16.0. The summed E-state index contributed by atoms with van der Waals surface area (Å²) in [5.41, 5.74) is 1.18. The summed E-state index contributed by atoms with van der Waals surface area (Å²) in [6.45, 7) is 7.00. The zero-order chi connectivity index (χ0) is 20.7. The van der Waals surface area contributed by atoms with Crippen molar-refractivity contribution >= 4 is 11.7 Å². The van der Waals surface area contributed by atoms with Crippen molar-refractivity contribution in [2.45, 2.75) is 45.4 Å². The number of benzene rings is 2. The van der Waals surface area contributed by atoms with E-state index in [0.717, 1.165) is 5.56 Å². The molecule has 148 valence electrons. The second kappa shape index (κ2) is 9.17. The molecule has 0 fully saturated rings. The molecule has 0 aromatic heterocycles. The van der Waals surface area contributed by atoms with Gasteiger partial charge in [-0.25, -0.2) is 4.79 Å². The van der Waals surface area contributed by atoms with Crippen LogP contribution in [0.4, 0.5) is 4.79 Å². The third kappa shape index (κ3) is 5.67. The molecule has 6 heteroatoms. The molecule has 2 atom stereocenters. The lowest BCUT2D eigenvalue weighted by Crippen LogP contribution is -2.43. The minimum Gasteiger partial charge on any atom is -0.444 e. The molecule has 6 nitrogen and oxygen atoms in total. The van der Waals surface area contributed by atoms with Crippen molar-refractivity contribution in [1.29, 1.82) is 0 Å². The van der Waals surface area contributed by atoms with Crippen molar-refractivity contribution in [3.05, 3.63) is 88.0 Å². The molecule has 2 aromatic carbocycles. The quantitative estimate of drug-likeness (QED) is 0.563. The average molecular weight is 382 g/mol. The van der Waals surface area contributed by atoms with Gasteiger partial charge in [-0.2, -0.15) is 0 Å². The van der Waals surface area contributed by atoms with E-state index in [-0.39, 0.29) is 4.92 Å². The number of rotatable bonds is 6. The Balaban J connectivity index is 2.48. The fourth-order valence-electron chi connectivity index (χ4n) is 2.99. The van der Waals surface area contributed by atoms with Crippen LogP contribution in [0.3, 0.4) is 0 Å². The van der Waals surface area contributed by atoms with Crippen LogP contribution in [-0.2, 0) is 4.74 Å². The van der Waals surface area contributed by atoms with E-state index in [9.17, 15) is 14.9 Å². The fraction of sp³-hybridized carbons (Fsp3) is 0.318. The van der Waals surface area contributed by atoms with Crippen molar-refractivity contribution in [3.63, 3.8) is 0 Å². The Morgan fingerprint density at radius 1 is 1.07 bits per heavy atom. The van der Waals surface area contributed by atoms with Crippen LogP contribution in [-0.4, -0.2) is 22.7 Å². The molecule has 0 aliphatic rings. The highest BCUT2D eigenvalue weighted by molar-refractivity contribution is 5.72. The normalized spacial score (nSPS) is 14.1. The number of ether oxygens (including phenoxy) is 1. The summed E-state index contributed by atoms with van der Waals surface area (Å²) >= 11 is 0. The van der Waals surface area contributed by atoms with Gasteiger partial charge in [0, 0.05) is 10.5 Å². The van der Waals surface area contributed by atoms with Crippen LogP contribution in [0.25, 0.3) is 5.57 Å². The maximum absolute atomic E-state index is 12.4. The third-order valence-corrected chi connectivity index (χ3v) is 4.11. The van der Waals surface area contributed by atoms with Gasteiger partial charge in [0.25, 0.3) is 6.04 Å². The lowest BCUT2D eigenvalue weighted by Gasteiger charge is -2.27. The van der Waals surface area contributed by atoms with Crippen molar-refractivity contribution < 1.29 is 14.5 Å². The van der Waals surface area contributed by atoms with Gasteiger partial charge in [0.2, 0.25) is 0 Å². The monoisotopic (exact) mass is 382 g/mol. The molecule has 2 rings (SSSR count). The molecule has 0 saturated carbocycles. The van der Waals surface area contributed by atoms with Crippen molar-refractivity contribution in [2.75, 3.05) is 0 Å². The lowest BCUT2D eigenvalue weighted by atomic mass is 9.89. The summed E-state index contributed by atoms with van der Waals surface area (Å²) in [5.74, 6) is 0. The van der Waals surface area contributed by atoms with Gasteiger partial charge in [0.15, 0.2) is 0 Å². The minimum atomic E-state index is -1.18. The molecule has 28 heavy (non-hydrogen) atoms. The van der Waals surface area contributed by atoms with Crippen LogP contribution < -0.4 is 5.32 Å². The number of nitrogens with one attached hydrogen (secondary N) is 1. The van der Waals surface area contributed by atoms with Gasteiger partial charge in [-0.15, -0.1) is 0 Å². The van der Waals surface area contributed by atoms with Crippen LogP contribution in [0.1, 0.15) is 44.9 Å². The van der Waals surface area contributed by atoms with Crippen molar-refractivity contribution in [3.8, 4) is 0 Å². The summed E-state index contributed by atoms with van der Waals surface area (Å²) in [7, 11) is 0. The topological polar surface area (TPSA) is 81.5 Å². The number of carbonyl (C=O) groups is 1. The van der Waals surface area contributed by atoms with Crippen LogP contribution in [0, 0.1) is 10.1 Å². The minimum absolute atomic E-state index is 0.364. The number of hydrogen-bond donors (Lipinski definition) is 1. The van der Waals surface area contributed by atoms with Crippen molar-refractivity contribution in [1.82, 2.24) is 5.32 Å². The first-order valence-corrected chi connectivity index (χ1v) is 9.12. The van der Waals surface area contributed by atoms with Crippen molar-refractivity contribution in [2.24, 2.45) is 0 Å². The Morgan fingerprint density at radius 3 is 2.07 bits per heavy atom. The molecule has 2 aromatic rings. The number of nitro groups is 1. The Hall–Kier alpha value is -3.15. The maximum Gasteiger partial charge on any atom is 0.408 e. The predicted molar refractivity (Wildman–Crippen MR) is 109 cm³/mol. The SMILES string of the molecule is C/C=C(\c1ccccc1)[C@H]([C@@H](NC(=O)OC(C)(C)C)c1ccccc1)[N+](=O)[O-]. The molecule has 0 spiro atoms. The van der Waals surface area contributed by atoms with Gasteiger partial charge >= 0.3 is 6.09 Å². The first-order chi connectivity index (χ1) is 13.2. The average Bonchev–Trinajstić information content (AvgIpc) is 2.64. The highest BCUT2D eigenvalue weighted by Crippen LogP contribution is 2.30. The van der Waals surface area contributed by atoms with Crippen LogP contribution >= 0.6 is 0 Å². The van der Waals surface area contributed by atoms with Gasteiger partial charge < -0.3 is 10.1 Å². The van der Waals surface area contributed by atoms with E-state index < -0.39 is 23.8 Å². The number of amides is 1. The first kappa shape index (κ1) is 21.2. The molecule has 1 N–H and O–H groups in total. The number of hydrogen-bond acceptors (Lipinski definition) is 4. The predicted octanol–water partition coefficient (Wildman–Crippen LogP) is 5.00. The largest absolute Gasteiger partial charge is 0.444 e. The van der Waals surface area contributed by atoms with E-state index in [0.29, 0.717) is 11.1 Å². The molecule has 1 amide bonds. The summed E-state index contributed by atoms with van der Waals surface area (Å²) in [4.78, 5) is 24.2. The van der Waals surface area contributed by atoms with Crippen LogP contribution in [0.15, 0.2) is 66.7 Å². The molecular formula is C22H26N2O4. The molecule has 0 saturated heterocycles. The summed E-state index contributed by atoms with van der Waals surface area (Å²) in [6.07, 6.45) is 1.02. The van der Waals surface area contributed by atoms with Crippen LogP contribution in [0.2, 0.25) is 0 Å². The zero-order valence-corrected chi connectivity index (χ0v) is 16.6. The van der Waals surface area contributed by atoms with Gasteiger partial charge in [0.05, 0.1) is 0 Å².